The monoisotopic (exact) mass is 225 g/mol. The Morgan fingerprint density at radius 2 is 1.94 bits per heavy atom. The molecule has 1 rings (SSSR count). The third-order valence-electron chi connectivity index (χ3n) is 3.06. The minimum atomic E-state index is -0.546. The van der Waals surface area contributed by atoms with Crippen LogP contribution < -0.4 is 0 Å². The standard InChI is InChI=1S/C13H20FNO/c1-4-11(5-2)15(3)9-10-7-6-8-12(14)13(10)16/h6-8,11,16H,4-5,9H2,1-3H3. The molecule has 16 heavy (non-hydrogen) atoms. The normalized spacial score (nSPS) is 11.4. The van der Waals surface area contributed by atoms with E-state index in [1.54, 1.807) is 12.1 Å². The first-order valence-corrected chi connectivity index (χ1v) is 5.76. The number of hydrogen-bond acceptors (Lipinski definition) is 2. The Kier molecular flexibility index (Phi) is 4.74. The second-order valence-electron chi connectivity index (χ2n) is 4.13. The predicted molar refractivity (Wildman–Crippen MR) is 63.9 cm³/mol. The number of hydrogen-bond donors (Lipinski definition) is 1. The fourth-order valence-electron chi connectivity index (χ4n) is 2.00. The molecule has 0 spiro atoms. The van der Waals surface area contributed by atoms with Crippen LogP contribution in [-0.2, 0) is 6.54 Å². The summed E-state index contributed by atoms with van der Waals surface area (Å²) in [6, 6.07) is 5.14. The molecule has 0 fully saturated rings. The number of nitrogens with zero attached hydrogens (tertiary/aromatic N) is 1. The molecule has 0 heterocycles. The summed E-state index contributed by atoms with van der Waals surface area (Å²) in [6.45, 7) is 4.85. The quantitative estimate of drug-likeness (QED) is 0.832. The summed E-state index contributed by atoms with van der Waals surface area (Å²) in [7, 11) is 2.00. The van der Waals surface area contributed by atoms with Crippen LogP contribution in [0.15, 0.2) is 18.2 Å². The maximum atomic E-state index is 13.1. The van der Waals surface area contributed by atoms with Crippen molar-refractivity contribution in [2.45, 2.75) is 39.3 Å². The van der Waals surface area contributed by atoms with E-state index < -0.39 is 5.82 Å². The van der Waals surface area contributed by atoms with Gasteiger partial charge in [-0.15, -0.1) is 0 Å². The minimum Gasteiger partial charge on any atom is -0.505 e. The van der Waals surface area contributed by atoms with E-state index in [4.69, 9.17) is 0 Å². The van der Waals surface area contributed by atoms with E-state index >= 15 is 0 Å². The maximum absolute atomic E-state index is 13.1. The molecule has 0 aliphatic carbocycles. The van der Waals surface area contributed by atoms with Gasteiger partial charge in [-0.2, -0.15) is 0 Å². The summed E-state index contributed by atoms with van der Waals surface area (Å²) < 4.78 is 13.1. The van der Waals surface area contributed by atoms with E-state index in [9.17, 15) is 9.50 Å². The van der Waals surface area contributed by atoms with Crippen molar-refractivity contribution < 1.29 is 9.50 Å². The topological polar surface area (TPSA) is 23.5 Å². The number of benzene rings is 1. The van der Waals surface area contributed by atoms with Gasteiger partial charge in [0.1, 0.15) is 0 Å². The number of phenolic OH excluding ortho intramolecular Hbond substituents is 1. The van der Waals surface area contributed by atoms with Crippen molar-refractivity contribution >= 4 is 0 Å². The van der Waals surface area contributed by atoms with E-state index in [1.165, 1.54) is 6.07 Å². The molecule has 0 bridgehead atoms. The molecule has 0 aliphatic heterocycles. The van der Waals surface area contributed by atoms with Crippen LogP contribution >= 0.6 is 0 Å². The zero-order valence-electron chi connectivity index (χ0n) is 10.2. The molecule has 0 saturated heterocycles. The van der Waals surface area contributed by atoms with Gasteiger partial charge < -0.3 is 5.11 Å². The van der Waals surface area contributed by atoms with Crippen LogP contribution in [0.3, 0.4) is 0 Å². The molecule has 1 aromatic rings. The highest BCUT2D eigenvalue weighted by atomic mass is 19.1. The molecule has 0 aromatic heterocycles. The first-order valence-electron chi connectivity index (χ1n) is 5.76. The van der Waals surface area contributed by atoms with Crippen LogP contribution in [0, 0.1) is 5.82 Å². The van der Waals surface area contributed by atoms with Crippen molar-refractivity contribution in [3.05, 3.63) is 29.6 Å². The number of rotatable bonds is 5. The van der Waals surface area contributed by atoms with Gasteiger partial charge >= 0.3 is 0 Å². The molecule has 0 saturated carbocycles. The Morgan fingerprint density at radius 3 is 2.50 bits per heavy atom. The Bertz CT molecular complexity index is 337. The van der Waals surface area contributed by atoms with Crippen LogP contribution in [0.1, 0.15) is 32.3 Å². The maximum Gasteiger partial charge on any atom is 0.165 e. The van der Waals surface area contributed by atoms with E-state index in [0.717, 1.165) is 12.8 Å². The van der Waals surface area contributed by atoms with Gasteiger partial charge in [-0.25, -0.2) is 4.39 Å². The lowest BCUT2D eigenvalue weighted by atomic mass is 10.1. The first-order chi connectivity index (χ1) is 7.60. The Balaban J connectivity index is 2.76. The second-order valence-corrected chi connectivity index (χ2v) is 4.13. The summed E-state index contributed by atoms with van der Waals surface area (Å²) in [5, 5.41) is 9.57. The molecule has 2 nitrogen and oxygen atoms in total. The van der Waals surface area contributed by atoms with Gasteiger partial charge in [0.2, 0.25) is 0 Å². The number of phenols is 1. The van der Waals surface area contributed by atoms with Gasteiger partial charge in [-0.1, -0.05) is 26.0 Å². The van der Waals surface area contributed by atoms with Crippen molar-refractivity contribution in [1.82, 2.24) is 4.90 Å². The van der Waals surface area contributed by atoms with Crippen LogP contribution in [0.25, 0.3) is 0 Å². The molecular formula is C13H20FNO. The highest BCUT2D eigenvalue weighted by molar-refractivity contribution is 5.33. The lowest BCUT2D eigenvalue weighted by Gasteiger charge is -2.26. The third kappa shape index (κ3) is 2.95. The van der Waals surface area contributed by atoms with Gasteiger partial charge in [0.05, 0.1) is 0 Å². The highest BCUT2D eigenvalue weighted by Crippen LogP contribution is 2.23. The van der Waals surface area contributed by atoms with Crippen LogP contribution in [-0.4, -0.2) is 23.1 Å². The SMILES string of the molecule is CCC(CC)N(C)Cc1cccc(F)c1O. The number of para-hydroxylation sites is 1. The van der Waals surface area contributed by atoms with Crippen molar-refractivity contribution in [3.8, 4) is 5.75 Å². The molecule has 90 valence electrons. The van der Waals surface area contributed by atoms with Gasteiger partial charge in [0, 0.05) is 18.2 Å². The van der Waals surface area contributed by atoms with Crippen LogP contribution in [0.5, 0.6) is 5.75 Å². The van der Waals surface area contributed by atoms with E-state index in [-0.39, 0.29) is 5.75 Å². The average Bonchev–Trinajstić information content (AvgIpc) is 2.26. The average molecular weight is 225 g/mol. The highest BCUT2D eigenvalue weighted by Gasteiger charge is 2.13. The zero-order valence-corrected chi connectivity index (χ0v) is 10.2. The van der Waals surface area contributed by atoms with Gasteiger partial charge in [0.25, 0.3) is 0 Å². The summed E-state index contributed by atoms with van der Waals surface area (Å²) in [5.74, 6) is -0.768. The lowest BCUT2D eigenvalue weighted by Crippen LogP contribution is -2.30. The van der Waals surface area contributed by atoms with E-state index in [2.05, 4.69) is 18.7 Å². The van der Waals surface area contributed by atoms with Crippen molar-refractivity contribution in [1.29, 1.82) is 0 Å². The Labute approximate surface area is 96.7 Å². The summed E-state index contributed by atoms with van der Waals surface area (Å²) in [4.78, 5) is 2.15. The third-order valence-corrected chi connectivity index (χ3v) is 3.06. The van der Waals surface area contributed by atoms with Crippen molar-refractivity contribution in [2.24, 2.45) is 0 Å². The summed E-state index contributed by atoms with van der Waals surface area (Å²) in [5.41, 5.74) is 0.648. The molecule has 0 atom stereocenters. The zero-order chi connectivity index (χ0) is 12.1. The summed E-state index contributed by atoms with van der Waals surface area (Å²) in [6.07, 6.45) is 2.12. The van der Waals surface area contributed by atoms with E-state index in [1.807, 2.05) is 7.05 Å². The minimum absolute atomic E-state index is 0.222. The molecule has 1 aromatic carbocycles. The summed E-state index contributed by atoms with van der Waals surface area (Å²) >= 11 is 0. The molecular weight excluding hydrogens is 205 g/mol. The molecule has 0 aliphatic rings. The van der Waals surface area contributed by atoms with E-state index in [0.29, 0.717) is 18.2 Å². The van der Waals surface area contributed by atoms with Crippen LogP contribution in [0.4, 0.5) is 4.39 Å². The molecule has 0 unspecified atom stereocenters. The fourth-order valence-corrected chi connectivity index (χ4v) is 2.00. The van der Waals surface area contributed by atoms with Gasteiger partial charge in [0.15, 0.2) is 11.6 Å². The molecule has 0 radical (unpaired) electrons. The van der Waals surface area contributed by atoms with Gasteiger partial charge in [-0.3, -0.25) is 4.90 Å². The molecule has 1 N–H and O–H groups in total. The van der Waals surface area contributed by atoms with Gasteiger partial charge in [-0.05, 0) is 26.0 Å². The number of halogens is 1. The number of aromatic hydroxyl groups is 1. The Morgan fingerprint density at radius 1 is 1.31 bits per heavy atom. The predicted octanol–water partition coefficient (Wildman–Crippen LogP) is 3.15. The fraction of sp³-hybridized carbons (Fsp3) is 0.538. The van der Waals surface area contributed by atoms with Crippen molar-refractivity contribution in [3.63, 3.8) is 0 Å². The molecule has 0 amide bonds. The van der Waals surface area contributed by atoms with Crippen molar-refractivity contribution in [2.75, 3.05) is 7.05 Å². The second kappa shape index (κ2) is 5.85. The largest absolute Gasteiger partial charge is 0.505 e. The Hall–Kier alpha value is -1.09. The first kappa shape index (κ1) is 13.0. The molecule has 3 heteroatoms. The van der Waals surface area contributed by atoms with Crippen LogP contribution in [0.2, 0.25) is 0 Å². The lowest BCUT2D eigenvalue weighted by molar-refractivity contribution is 0.218. The smallest absolute Gasteiger partial charge is 0.165 e.